The number of hydrogen-bond donors (Lipinski definition) is 1. The minimum absolute atomic E-state index is 0.226. The number of hydrogen-bond acceptors (Lipinski definition) is 9. The molecule has 3 atom stereocenters. The molecular weight excluding hydrogens is 538 g/mol. The molecule has 0 aliphatic heterocycles. The Labute approximate surface area is 247 Å². The van der Waals surface area contributed by atoms with Crippen molar-refractivity contribution in [3.8, 4) is 0 Å². The van der Waals surface area contributed by atoms with E-state index in [1.807, 2.05) is 55.3 Å². The monoisotopic (exact) mass is 577 g/mol. The van der Waals surface area contributed by atoms with Crippen LogP contribution in [0.3, 0.4) is 0 Å². The minimum Gasteiger partial charge on any atom is -0.467 e. The first-order chi connectivity index (χ1) is 19.9. The number of amides is 1. The van der Waals surface area contributed by atoms with Gasteiger partial charge in [-0.15, -0.1) is 0 Å². The van der Waals surface area contributed by atoms with E-state index >= 15 is 0 Å². The van der Waals surface area contributed by atoms with E-state index in [9.17, 15) is 19.2 Å². The van der Waals surface area contributed by atoms with Crippen molar-refractivity contribution in [1.82, 2.24) is 0 Å². The van der Waals surface area contributed by atoms with Crippen LogP contribution in [0.2, 0.25) is 0 Å². The van der Waals surface area contributed by atoms with Crippen LogP contribution in [0.5, 0.6) is 0 Å². The van der Waals surface area contributed by atoms with Gasteiger partial charge in [-0.1, -0.05) is 42.5 Å². The number of methoxy groups -OCH3 is 1. The Hall–Kier alpha value is -4.86. The normalized spacial score (nSPS) is 12.3. The van der Waals surface area contributed by atoms with Crippen LogP contribution in [-0.2, 0) is 28.6 Å². The molecule has 224 valence electrons. The zero-order valence-electron chi connectivity index (χ0n) is 25.1. The number of benzene rings is 3. The molecule has 0 saturated heterocycles. The smallest absolute Gasteiger partial charge is 0.328 e. The molecule has 3 aromatic carbocycles. The van der Waals surface area contributed by atoms with Gasteiger partial charge in [0.2, 0.25) is 0 Å². The topological polar surface area (TPSA) is 114 Å². The lowest BCUT2D eigenvalue weighted by Gasteiger charge is -2.35. The maximum absolute atomic E-state index is 12.4. The Morgan fingerprint density at radius 2 is 1.21 bits per heavy atom. The van der Waals surface area contributed by atoms with Crippen molar-refractivity contribution in [2.45, 2.75) is 53.1 Å². The van der Waals surface area contributed by atoms with Crippen LogP contribution in [-0.4, -0.2) is 56.5 Å². The minimum atomic E-state index is -0.688. The van der Waals surface area contributed by atoms with Gasteiger partial charge >= 0.3 is 17.9 Å². The fraction of sp³-hybridized carbons (Fsp3) is 0.312. The molecule has 1 N–H and O–H groups in total. The summed E-state index contributed by atoms with van der Waals surface area (Å²) in [6.45, 7) is 7.79. The molecule has 0 aliphatic carbocycles. The Morgan fingerprint density at radius 3 is 1.71 bits per heavy atom. The van der Waals surface area contributed by atoms with E-state index in [4.69, 9.17) is 9.47 Å². The summed E-state index contributed by atoms with van der Waals surface area (Å²) in [4.78, 5) is 50.0. The number of para-hydroxylation sites is 1. The summed E-state index contributed by atoms with van der Waals surface area (Å²) in [6.07, 6.45) is -1.38. The predicted octanol–water partition coefficient (Wildman–Crippen LogP) is 5.25. The van der Waals surface area contributed by atoms with Crippen LogP contribution >= 0.6 is 0 Å². The maximum Gasteiger partial charge on any atom is 0.328 e. The molecule has 0 spiro atoms. The summed E-state index contributed by atoms with van der Waals surface area (Å²) in [5.74, 6) is -1.39. The molecule has 1 amide bonds. The summed E-state index contributed by atoms with van der Waals surface area (Å²) < 4.78 is 15.2. The number of carbonyl (C=O) groups excluding carboxylic acids is 4. The van der Waals surface area contributed by atoms with E-state index in [-0.39, 0.29) is 17.9 Å². The molecule has 3 rings (SSSR count). The lowest BCUT2D eigenvalue weighted by Crippen LogP contribution is -2.44. The van der Waals surface area contributed by atoms with Gasteiger partial charge in [0.05, 0.1) is 7.11 Å². The van der Waals surface area contributed by atoms with Gasteiger partial charge < -0.3 is 29.3 Å². The van der Waals surface area contributed by atoms with E-state index in [0.717, 1.165) is 5.69 Å². The first kappa shape index (κ1) is 33.3. The lowest BCUT2D eigenvalue weighted by atomic mass is 10.2. The highest BCUT2D eigenvalue weighted by molar-refractivity contribution is 6.04. The molecule has 0 bridgehead atoms. The molecule has 10 heteroatoms. The number of nitrogens with zero attached hydrogens (tertiary/aromatic N) is 2. The van der Waals surface area contributed by atoms with Crippen LogP contribution in [0.25, 0.3) is 0 Å². The third kappa shape index (κ3) is 10.3. The molecule has 0 saturated carbocycles. The van der Waals surface area contributed by atoms with Gasteiger partial charge in [-0.2, -0.15) is 0 Å². The largest absolute Gasteiger partial charge is 0.467 e. The number of carbonyl (C=O) groups is 4. The van der Waals surface area contributed by atoms with Crippen molar-refractivity contribution < 1.29 is 33.4 Å². The van der Waals surface area contributed by atoms with Crippen molar-refractivity contribution >= 4 is 40.9 Å². The van der Waals surface area contributed by atoms with Crippen LogP contribution < -0.4 is 15.1 Å². The zero-order valence-corrected chi connectivity index (χ0v) is 25.1. The second-order valence-corrected chi connectivity index (χ2v) is 9.34. The average molecular weight is 578 g/mol. The highest BCUT2D eigenvalue weighted by Crippen LogP contribution is 2.25. The first-order valence-electron chi connectivity index (χ1n) is 13.4. The quantitative estimate of drug-likeness (QED) is 0.196. The van der Waals surface area contributed by atoms with Crippen molar-refractivity contribution in [3.05, 3.63) is 90.5 Å². The molecule has 0 aliphatic rings. The summed E-state index contributed by atoms with van der Waals surface area (Å²) in [5.41, 5.74) is 2.71. The van der Waals surface area contributed by atoms with Crippen LogP contribution in [0.1, 0.15) is 45.0 Å². The molecule has 3 unspecified atom stereocenters. The third-order valence-electron chi connectivity index (χ3n) is 6.18. The Balaban J connectivity index is 0.000000369. The SMILES string of the molecule is CC(=O)OC(C)N(c1cccc(NC(=O)c2ccccc2)c1)C(C)OC(C)=O.COC(=O)C(C)N(C)c1ccccc1. The van der Waals surface area contributed by atoms with Crippen LogP contribution in [0.15, 0.2) is 84.9 Å². The Morgan fingerprint density at radius 1 is 0.714 bits per heavy atom. The molecule has 3 aromatic rings. The summed E-state index contributed by atoms with van der Waals surface area (Å²) >= 11 is 0. The Kier molecular flexibility index (Phi) is 13.0. The van der Waals surface area contributed by atoms with Crippen molar-refractivity contribution in [1.29, 1.82) is 0 Å². The number of ether oxygens (including phenoxy) is 3. The number of rotatable bonds is 10. The van der Waals surface area contributed by atoms with Gasteiger partial charge in [-0.3, -0.25) is 14.4 Å². The first-order valence-corrected chi connectivity index (χ1v) is 13.4. The van der Waals surface area contributed by atoms with E-state index in [0.29, 0.717) is 16.9 Å². The third-order valence-corrected chi connectivity index (χ3v) is 6.18. The highest BCUT2D eigenvalue weighted by atomic mass is 16.6. The van der Waals surface area contributed by atoms with Gasteiger partial charge in [0.1, 0.15) is 6.04 Å². The highest BCUT2D eigenvalue weighted by Gasteiger charge is 2.25. The molecule has 0 heterocycles. The number of anilines is 3. The number of nitrogens with one attached hydrogen (secondary N) is 1. The van der Waals surface area contributed by atoms with Gasteiger partial charge in [-0.05, 0) is 63.2 Å². The second-order valence-electron chi connectivity index (χ2n) is 9.34. The molecule has 0 radical (unpaired) electrons. The molecule has 0 fully saturated rings. The van der Waals surface area contributed by atoms with Gasteiger partial charge in [0, 0.05) is 43.5 Å². The van der Waals surface area contributed by atoms with Crippen LogP contribution in [0, 0.1) is 0 Å². The number of likely N-dealkylation sites (N-methyl/N-ethyl adjacent to an activating group) is 1. The maximum atomic E-state index is 12.4. The summed E-state index contributed by atoms with van der Waals surface area (Å²) in [6, 6.07) is 25.3. The Bertz CT molecular complexity index is 1300. The van der Waals surface area contributed by atoms with Gasteiger partial charge in [0.15, 0.2) is 12.5 Å². The fourth-order valence-electron chi connectivity index (χ4n) is 4.06. The molecule has 42 heavy (non-hydrogen) atoms. The van der Waals surface area contributed by atoms with Crippen molar-refractivity contribution in [2.75, 3.05) is 29.3 Å². The van der Waals surface area contributed by atoms with E-state index in [2.05, 4.69) is 10.1 Å². The lowest BCUT2D eigenvalue weighted by molar-refractivity contribution is -0.150. The standard InChI is InChI=1S/C21H24N2O5.C11H15NO2/c1-14(27-16(3)24)23(15(2)28-17(4)25)20-12-8-11-19(13-20)22-21(26)18-9-6-5-7-10-18;1-9(11(13)14-3)12(2)10-7-5-4-6-8-10/h5-15H,1-4H3,(H,22,26);4-9H,1-3H3. The van der Waals surface area contributed by atoms with Crippen molar-refractivity contribution in [2.24, 2.45) is 0 Å². The summed E-state index contributed by atoms with van der Waals surface area (Å²) in [7, 11) is 3.27. The van der Waals surface area contributed by atoms with Crippen molar-refractivity contribution in [3.63, 3.8) is 0 Å². The number of esters is 3. The van der Waals surface area contributed by atoms with E-state index in [1.165, 1.54) is 21.0 Å². The average Bonchev–Trinajstić information content (AvgIpc) is 2.96. The van der Waals surface area contributed by atoms with Gasteiger partial charge in [0.25, 0.3) is 5.91 Å². The van der Waals surface area contributed by atoms with Crippen LogP contribution in [0.4, 0.5) is 17.1 Å². The van der Waals surface area contributed by atoms with Gasteiger partial charge in [-0.25, -0.2) is 4.79 Å². The molecular formula is C32H39N3O7. The molecule has 0 aromatic heterocycles. The van der Waals surface area contributed by atoms with E-state index in [1.54, 1.807) is 67.3 Å². The molecule has 10 nitrogen and oxygen atoms in total. The fourth-order valence-corrected chi connectivity index (χ4v) is 4.06. The second kappa shape index (κ2) is 16.4. The predicted molar refractivity (Wildman–Crippen MR) is 162 cm³/mol. The zero-order chi connectivity index (χ0) is 31.2. The summed E-state index contributed by atoms with van der Waals surface area (Å²) in [5, 5.41) is 2.83. The van der Waals surface area contributed by atoms with E-state index < -0.39 is 24.4 Å².